The van der Waals surface area contributed by atoms with Crippen LogP contribution in [0.4, 0.5) is 0 Å². The predicted molar refractivity (Wildman–Crippen MR) is 164 cm³/mol. The van der Waals surface area contributed by atoms with E-state index in [0.29, 0.717) is 40.2 Å². The Kier molecular flexibility index (Phi) is 4.62. The highest BCUT2D eigenvalue weighted by Crippen LogP contribution is 2.36. The van der Waals surface area contributed by atoms with Crippen LogP contribution in [-0.4, -0.2) is 56.2 Å². The lowest BCUT2D eigenvalue weighted by Gasteiger charge is -1.97. The van der Waals surface area contributed by atoms with Crippen molar-refractivity contribution < 1.29 is 0 Å². The van der Waals surface area contributed by atoms with Crippen LogP contribution in [0, 0.1) is 0 Å². The molecule has 2 N–H and O–H groups in total. The molecule has 41 heavy (non-hydrogen) atoms. The Morgan fingerprint density at radius 2 is 0.780 bits per heavy atom. The minimum absolute atomic E-state index is 0.605. The van der Waals surface area contributed by atoms with E-state index in [-0.39, 0.29) is 0 Å². The molecule has 0 aliphatic carbocycles. The molecule has 2 aliphatic rings. The van der Waals surface area contributed by atoms with E-state index in [9.17, 15) is 0 Å². The van der Waals surface area contributed by atoms with Gasteiger partial charge in [0.25, 0.3) is 16.3 Å². The number of nitrogens with zero attached hydrogens (tertiary/aromatic N) is 6. The summed E-state index contributed by atoms with van der Waals surface area (Å²) in [6, 6.07) is 30.6. The van der Waals surface area contributed by atoms with Crippen molar-refractivity contribution in [3.8, 4) is 45.6 Å². The number of fused-ring (bicyclic) bond motifs is 20. The van der Waals surface area contributed by atoms with Crippen molar-refractivity contribution in [3.63, 3.8) is 0 Å². The summed E-state index contributed by atoms with van der Waals surface area (Å²) in [5, 5.41) is 3.99. The van der Waals surface area contributed by atoms with Crippen molar-refractivity contribution in [1.29, 1.82) is 0 Å². The fourth-order valence-electron chi connectivity index (χ4n) is 5.86. The summed E-state index contributed by atoms with van der Waals surface area (Å²) in [5.74, 6) is 2.44. The number of hydrogen-bond donors (Lipinski definition) is 2. The van der Waals surface area contributed by atoms with Gasteiger partial charge in [-0.05, 0) is 0 Å². The first kappa shape index (κ1) is 22.6. The maximum Gasteiger partial charge on any atom is 0.260 e. The van der Waals surface area contributed by atoms with Gasteiger partial charge in [-0.25, -0.2) is 29.9 Å². The Morgan fingerprint density at radius 1 is 0.390 bits per heavy atom. The van der Waals surface area contributed by atoms with Gasteiger partial charge in [-0.2, -0.15) is 0 Å². The zero-order valence-electron chi connectivity index (χ0n) is 21.8. The Hall–Kier alpha value is -5.23. The van der Waals surface area contributed by atoms with Gasteiger partial charge in [0, 0.05) is 43.8 Å². The monoisotopic (exact) mass is 542 g/mol. The Balaban J connectivity index is 1.52. The zero-order chi connectivity index (χ0) is 27.1. The second-order valence-electron chi connectivity index (χ2n) is 10.2. The van der Waals surface area contributed by atoms with Crippen molar-refractivity contribution in [2.24, 2.45) is 0 Å². The van der Waals surface area contributed by atoms with Gasteiger partial charge in [0.05, 0.1) is 0 Å². The van der Waals surface area contributed by atoms with Crippen LogP contribution in [0.1, 0.15) is 0 Å². The summed E-state index contributed by atoms with van der Waals surface area (Å²) < 4.78 is 1.23. The summed E-state index contributed by atoms with van der Waals surface area (Å²) in [6.07, 6.45) is 0. The molecule has 7 aromatic rings. The molecule has 190 valence electrons. The molecule has 0 unspecified atom stereocenters. The third-order valence-electron chi connectivity index (χ3n) is 7.79. The average Bonchev–Trinajstić information content (AvgIpc) is 3.73. The molecule has 0 amide bonds. The number of nitrogens with one attached hydrogen (secondary N) is 2. The van der Waals surface area contributed by atoms with Gasteiger partial charge >= 0.3 is 0 Å². The molecule has 0 radical (unpaired) electrons. The fraction of sp³-hybridized carbons (Fsp3) is 0. The molecule has 0 atom stereocenters. The number of rotatable bonds is 0. The molecule has 8 nitrogen and oxygen atoms in total. The van der Waals surface area contributed by atoms with Gasteiger partial charge in [0.2, 0.25) is 0 Å². The third-order valence-corrected chi connectivity index (χ3v) is 8.62. The minimum atomic E-state index is 0.605. The van der Waals surface area contributed by atoms with E-state index in [1.165, 1.54) is 4.43 Å². The summed E-state index contributed by atoms with van der Waals surface area (Å²) in [5.41, 5.74) is 6.58. The van der Waals surface area contributed by atoms with Gasteiger partial charge in [-0.1, -0.05) is 91.0 Å². The molecule has 0 fully saturated rings. The fourth-order valence-corrected chi connectivity index (χ4v) is 6.56. The molecule has 8 bridgehead atoms. The van der Waals surface area contributed by atoms with Crippen molar-refractivity contribution in [1.82, 2.24) is 39.9 Å². The largest absolute Gasteiger partial charge is 0.324 e. The molecule has 0 spiro atoms. The van der Waals surface area contributed by atoms with Gasteiger partial charge in [-0.3, -0.25) is 0 Å². The lowest BCUT2D eigenvalue weighted by molar-refractivity contribution is 1.19. The van der Waals surface area contributed by atoms with E-state index in [1.54, 1.807) is 0 Å². The maximum absolute atomic E-state index is 5.10. The van der Waals surface area contributed by atoms with Crippen LogP contribution in [-0.2, 0) is 0 Å². The highest BCUT2D eigenvalue weighted by atomic mass is 27.0. The molecule has 2 aliphatic heterocycles. The molecule has 9 rings (SSSR count). The van der Waals surface area contributed by atoms with E-state index in [4.69, 9.17) is 29.9 Å². The molecule has 3 aromatic heterocycles. The number of benzene rings is 4. The minimum Gasteiger partial charge on any atom is -0.324 e. The zero-order valence-corrected chi connectivity index (χ0v) is 23.8. The Labute approximate surface area is 240 Å². The number of aromatic nitrogens is 8. The lowest BCUT2D eigenvalue weighted by atomic mass is 10.1. The number of hydrogen-bond acceptors (Lipinski definition) is 6. The molecular weight excluding hydrogens is 523 g/mol. The van der Waals surface area contributed by atoms with Crippen LogP contribution in [0.3, 0.4) is 0 Å². The SMILES string of the molecule is [AlH2][c]1cccc2c3nc4nc(nc5[nH]c(nc6nc(nc([nH]3)c12)-c1ccccc1-6)c1ccccc51)-c1ccccc1-4. The van der Waals surface area contributed by atoms with E-state index < -0.39 is 0 Å². The first-order valence-corrected chi connectivity index (χ1v) is 14.4. The molecular formula is C32H19AlN8. The normalized spacial score (nSPS) is 12.0. The summed E-state index contributed by atoms with van der Waals surface area (Å²) >= 11 is 0.859. The van der Waals surface area contributed by atoms with Gasteiger partial charge in [0.1, 0.15) is 22.6 Å². The Bertz CT molecular complexity index is 2400. The smallest absolute Gasteiger partial charge is 0.260 e. The topological polar surface area (TPSA) is 109 Å². The van der Waals surface area contributed by atoms with E-state index in [2.05, 4.69) is 28.2 Å². The van der Waals surface area contributed by atoms with Crippen molar-refractivity contribution in [2.45, 2.75) is 0 Å². The molecule has 9 heteroatoms. The molecule has 4 aromatic carbocycles. The van der Waals surface area contributed by atoms with E-state index in [0.717, 1.165) is 65.7 Å². The van der Waals surface area contributed by atoms with Crippen LogP contribution in [0.2, 0.25) is 0 Å². The molecule has 5 heterocycles. The molecule has 0 saturated carbocycles. The summed E-state index contributed by atoms with van der Waals surface area (Å²) in [7, 11) is 0. The van der Waals surface area contributed by atoms with Crippen molar-refractivity contribution in [2.75, 3.05) is 0 Å². The van der Waals surface area contributed by atoms with Crippen LogP contribution < -0.4 is 4.43 Å². The summed E-state index contributed by atoms with van der Waals surface area (Å²) in [6.45, 7) is 0. The second kappa shape index (κ2) is 8.39. The standard InChI is InChI=1S/C32H17N8.Al.2H/c1-2-10-18-17(9-1)25-33-26(18)38-28-21-13-5-6-14-22(21)30(35-28)40-32-24-16-8-7-15-23(24)31(36-32)39-29-20-12-4-3-11-19(20)27(34-29)37-25;;;/h1-15H,(H2,33,34,35,36,37,38,39,40);;;. The summed E-state index contributed by atoms with van der Waals surface area (Å²) in [4.78, 5) is 37.1. The first-order valence-electron chi connectivity index (χ1n) is 13.4. The van der Waals surface area contributed by atoms with Gasteiger partial charge in [-0.15, -0.1) is 4.43 Å². The average molecular weight is 543 g/mol. The third kappa shape index (κ3) is 3.34. The first-order chi connectivity index (χ1) is 20.2. The van der Waals surface area contributed by atoms with E-state index in [1.807, 2.05) is 72.8 Å². The van der Waals surface area contributed by atoms with Crippen LogP contribution in [0.15, 0.2) is 91.0 Å². The number of H-pyrrole nitrogens is 2. The lowest BCUT2D eigenvalue weighted by Crippen LogP contribution is -2.01. The second-order valence-corrected chi connectivity index (χ2v) is 11.3. The number of aromatic amines is 2. The maximum atomic E-state index is 5.10. The highest BCUT2D eigenvalue weighted by Gasteiger charge is 2.21. The van der Waals surface area contributed by atoms with Gasteiger partial charge < -0.3 is 9.97 Å². The van der Waals surface area contributed by atoms with Crippen molar-refractivity contribution in [3.05, 3.63) is 91.0 Å². The van der Waals surface area contributed by atoms with E-state index >= 15 is 0 Å². The highest BCUT2D eigenvalue weighted by molar-refractivity contribution is 6.41. The van der Waals surface area contributed by atoms with Gasteiger partial charge in [0.15, 0.2) is 23.3 Å². The molecule has 0 saturated heterocycles. The Morgan fingerprint density at radius 3 is 1.29 bits per heavy atom. The quantitative estimate of drug-likeness (QED) is 0.257. The van der Waals surface area contributed by atoms with Crippen LogP contribution in [0.5, 0.6) is 0 Å². The predicted octanol–water partition coefficient (Wildman–Crippen LogP) is 5.13. The van der Waals surface area contributed by atoms with Crippen LogP contribution in [0.25, 0.3) is 89.7 Å². The van der Waals surface area contributed by atoms with Crippen molar-refractivity contribution >= 4 is 64.8 Å². The van der Waals surface area contributed by atoms with Crippen LogP contribution >= 0.6 is 0 Å².